The number of benzene rings is 1. The van der Waals surface area contributed by atoms with E-state index in [4.69, 9.17) is 4.74 Å². The lowest BCUT2D eigenvalue weighted by molar-refractivity contribution is 0.105. The molecule has 0 fully saturated rings. The lowest BCUT2D eigenvalue weighted by Crippen LogP contribution is -1.94. The van der Waals surface area contributed by atoms with Crippen LogP contribution in [0.1, 0.15) is 23.7 Å². The van der Waals surface area contributed by atoms with Crippen LogP contribution in [0.25, 0.3) is 0 Å². The standard InChI is InChI=1S/C10H11BrO/c1-12-10-5-2-7-6-8(11)3-4-9(7)10/h3-4,6,10H,2,5H2,1H3. The average molecular weight is 227 g/mol. The third kappa shape index (κ3) is 1.29. The molecule has 0 saturated heterocycles. The quantitative estimate of drug-likeness (QED) is 0.716. The molecule has 0 radical (unpaired) electrons. The number of rotatable bonds is 1. The van der Waals surface area contributed by atoms with Crippen molar-refractivity contribution in [3.05, 3.63) is 33.8 Å². The molecule has 2 rings (SSSR count). The molecule has 0 saturated carbocycles. The van der Waals surface area contributed by atoms with Gasteiger partial charge >= 0.3 is 0 Å². The molecule has 0 spiro atoms. The van der Waals surface area contributed by atoms with Crippen LogP contribution < -0.4 is 0 Å². The topological polar surface area (TPSA) is 9.23 Å². The number of aryl methyl sites for hydroxylation is 1. The minimum absolute atomic E-state index is 0.327. The Morgan fingerprint density at radius 2 is 2.33 bits per heavy atom. The number of fused-ring (bicyclic) bond motifs is 1. The second kappa shape index (κ2) is 3.19. The Hall–Kier alpha value is -0.340. The number of methoxy groups -OCH3 is 1. The number of hydrogen-bond donors (Lipinski definition) is 0. The summed E-state index contributed by atoms with van der Waals surface area (Å²) in [6, 6.07) is 6.42. The van der Waals surface area contributed by atoms with Gasteiger partial charge in [0.1, 0.15) is 0 Å². The van der Waals surface area contributed by atoms with Crippen molar-refractivity contribution in [2.75, 3.05) is 7.11 Å². The van der Waals surface area contributed by atoms with Gasteiger partial charge in [0.15, 0.2) is 0 Å². The van der Waals surface area contributed by atoms with E-state index in [0.29, 0.717) is 6.10 Å². The van der Waals surface area contributed by atoms with Crippen molar-refractivity contribution in [3.63, 3.8) is 0 Å². The first-order valence-electron chi connectivity index (χ1n) is 4.12. The van der Waals surface area contributed by atoms with Gasteiger partial charge < -0.3 is 4.74 Å². The molecule has 2 heteroatoms. The van der Waals surface area contributed by atoms with Crippen LogP contribution in [-0.2, 0) is 11.2 Å². The highest BCUT2D eigenvalue weighted by molar-refractivity contribution is 9.10. The van der Waals surface area contributed by atoms with Crippen molar-refractivity contribution in [2.24, 2.45) is 0 Å². The summed E-state index contributed by atoms with van der Waals surface area (Å²) in [6.45, 7) is 0. The van der Waals surface area contributed by atoms with Crippen LogP contribution >= 0.6 is 15.9 Å². The molecule has 1 nitrogen and oxygen atoms in total. The summed E-state index contributed by atoms with van der Waals surface area (Å²) in [5.41, 5.74) is 2.79. The molecule has 64 valence electrons. The zero-order valence-electron chi connectivity index (χ0n) is 7.01. The minimum atomic E-state index is 0.327. The molecule has 0 amide bonds. The Bertz CT molecular complexity index is 296. The monoisotopic (exact) mass is 226 g/mol. The molecule has 1 atom stereocenters. The van der Waals surface area contributed by atoms with Gasteiger partial charge in [0.25, 0.3) is 0 Å². The molecule has 0 bridgehead atoms. The highest BCUT2D eigenvalue weighted by atomic mass is 79.9. The van der Waals surface area contributed by atoms with Gasteiger partial charge in [0, 0.05) is 11.6 Å². The zero-order chi connectivity index (χ0) is 8.55. The number of halogens is 1. The van der Waals surface area contributed by atoms with Gasteiger partial charge in [-0.2, -0.15) is 0 Å². The van der Waals surface area contributed by atoms with Gasteiger partial charge in [-0.1, -0.05) is 22.0 Å². The van der Waals surface area contributed by atoms with Gasteiger partial charge in [-0.05, 0) is 36.1 Å². The zero-order valence-corrected chi connectivity index (χ0v) is 8.60. The van der Waals surface area contributed by atoms with Crippen LogP contribution in [-0.4, -0.2) is 7.11 Å². The van der Waals surface area contributed by atoms with E-state index in [-0.39, 0.29) is 0 Å². The molecule has 0 aliphatic heterocycles. The van der Waals surface area contributed by atoms with E-state index in [0.717, 1.165) is 17.3 Å². The highest BCUT2D eigenvalue weighted by Gasteiger charge is 2.21. The molecule has 1 unspecified atom stereocenters. The van der Waals surface area contributed by atoms with Crippen molar-refractivity contribution < 1.29 is 4.74 Å². The number of ether oxygens (including phenoxy) is 1. The van der Waals surface area contributed by atoms with Crippen LogP contribution in [0.15, 0.2) is 22.7 Å². The first-order chi connectivity index (χ1) is 5.81. The highest BCUT2D eigenvalue weighted by Crippen LogP contribution is 2.34. The SMILES string of the molecule is COC1CCc2cc(Br)ccc21. The first kappa shape index (κ1) is 8.27. The van der Waals surface area contributed by atoms with E-state index >= 15 is 0 Å². The molecule has 1 aromatic carbocycles. The fraction of sp³-hybridized carbons (Fsp3) is 0.400. The lowest BCUT2D eigenvalue weighted by atomic mass is 10.1. The van der Waals surface area contributed by atoms with Crippen LogP contribution in [0.5, 0.6) is 0 Å². The summed E-state index contributed by atoms with van der Waals surface area (Å²) < 4.78 is 6.53. The Kier molecular flexibility index (Phi) is 2.20. The van der Waals surface area contributed by atoms with Crippen molar-refractivity contribution >= 4 is 15.9 Å². The average Bonchev–Trinajstić information content (AvgIpc) is 2.46. The van der Waals surface area contributed by atoms with E-state index in [2.05, 4.69) is 34.1 Å². The van der Waals surface area contributed by atoms with Crippen molar-refractivity contribution in [3.8, 4) is 0 Å². The van der Waals surface area contributed by atoms with Crippen LogP contribution in [0.3, 0.4) is 0 Å². The fourth-order valence-electron chi connectivity index (χ4n) is 1.79. The van der Waals surface area contributed by atoms with Crippen LogP contribution in [0.4, 0.5) is 0 Å². The molecule has 0 N–H and O–H groups in total. The van der Waals surface area contributed by atoms with Gasteiger partial charge in [-0.25, -0.2) is 0 Å². The van der Waals surface area contributed by atoms with Gasteiger partial charge in [-0.15, -0.1) is 0 Å². The Morgan fingerprint density at radius 1 is 1.50 bits per heavy atom. The summed E-state index contributed by atoms with van der Waals surface area (Å²) in [6.07, 6.45) is 2.60. The molecule has 0 aromatic heterocycles. The first-order valence-corrected chi connectivity index (χ1v) is 4.91. The maximum absolute atomic E-state index is 5.36. The van der Waals surface area contributed by atoms with E-state index in [1.807, 2.05) is 0 Å². The van der Waals surface area contributed by atoms with Crippen molar-refractivity contribution in [1.82, 2.24) is 0 Å². The maximum Gasteiger partial charge on any atom is 0.0827 e. The fourth-order valence-corrected chi connectivity index (χ4v) is 2.20. The van der Waals surface area contributed by atoms with E-state index in [1.54, 1.807) is 7.11 Å². The molecular formula is C10H11BrO. The lowest BCUT2D eigenvalue weighted by Gasteiger charge is -2.08. The van der Waals surface area contributed by atoms with Crippen molar-refractivity contribution in [2.45, 2.75) is 18.9 Å². The van der Waals surface area contributed by atoms with Gasteiger partial charge in [0.05, 0.1) is 6.10 Å². The van der Waals surface area contributed by atoms with Crippen LogP contribution in [0, 0.1) is 0 Å². The molecule has 12 heavy (non-hydrogen) atoms. The maximum atomic E-state index is 5.36. The van der Waals surface area contributed by atoms with E-state index < -0.39 is 0 Å². The third-order valence-electron chi connectivity index (χ3n) is 2.41. The van der Waals surface area contributed by atoms with Crippen molar-refractivity contribution in [1.29, 1.82) is 0 Å². The second-order valence-electron chi connectivity index (χ2n) is 3.11. The summed E-state index contributed by atoms with van der Waals surface area (Å²) >= 11 is 3.47. The third-order valence-corrected chi connectivity index (χ3v) is 2.91. The summed E-state index contributed by atoms with van der Waals surface area (Å²) in [5.74, 6) is 0. The van der Waals surface area contributed by atoms with Gasteiger partial charge in [-0.3, -0.25) is 0 Å². The second-order valence-corrected chi connectivity index (χ2v) is 4.02. The van der Waals surface area contributed by atoms with E-state index in [1.165, 1.54) is 11.1 Å². The van der Waals surface area contributed by atoms with Gasteiger partial charge in [0.2, 0.25) is 0 Å². The summed E-state index contributed by atoms with van der Waals surface area (Å²) in [5, 5.41) is 0. The molecule has 1 aromatic rings. The molecule has 0 heterocycles. The molecule has 1 aliphatic rings. The van der Waals surface area contributed by atoms with E-state index in [9.17, 15) is 0 Å². The minimum Gasteiger partial charge on any atom is -0.377 e. The normalized spacial score (nSPS) is 21.0. The Morgan fingerprint density at radius 3 is 3.08 bits per heavy atom. The number of hydrogen-bond acceptors (Lipinski definition) is 1. The molecule has 1 aliphatic carbocycles. The predicted molar refractivity (Wildman–Crippen MR) is 52.2 cm³/mol. The predicted octanol–water partition coefficient (Wildman–Crippen LogP) is 3.08. The molecular weight excluding hydrogens is 216 g/mol. The smallest absolute Gasteiger partial charge is 0.0827 e. The van der Waals surface area contributed by atoms with Crippen LogP contribution in [0.2, 0.25) is 0 Å². The Balaban J connectivity index is 2.40. The Labute approximate surface area is 80.9 Å². The summed E-state index contributed by atoms with van der Waals surface area (Å²) in [4.78, 5) is 0. The summed E-state index contributed by atoms with van der Waals surface area (Å²) in [7, 11) is 1.78. The largest absolute Gasteiger partial charge is 0.377 e.